The number of aromatic amines is 1. The number of nitrogens with one attached hydrogen (secondary N) is 1. The normalized spacial score (nSPS) is 13.2. The number of H-pyrrole nitrogens is 1. The van der Waals surface area contributed by atoms with Gasteiger partial charge in [0, 0.05) is 6.54 Å². The molecule has 0 saturated carbocycles. The average molecular weight is 266 g/mol. The van der Waals surface area contributed by atoms with Gasteiger partial charge in [-0.05, 0) is 24.1 Å². The van der Waals surface area contributed by atoms with Crippen molar-refractivity contribution in [2.45, 2.75) is 27.3 Å². The number of fused-ring (bicyclic) bond motifs is 1. The molecule has 0 fully saturated rings. The van der Waals surface area contributed by atoms with Crippen molar-refractivity contribution in [1.29, 1.82) is 0 Å². The summed E-state index contributed by atoms with van der Waals surface area (Å²) in [5, 5.41) is 0. The molecule has 0 aliphatic heterocycles. The van der Waals surface area contributed by atoms with Crippen LogP contribution in [0.2, 0.25) is 0 Å². The Morgan fingerprint density at radius 3 is 2.72 bits per heavy atom. The monoisotopic (exact) mass is 266 g/mol. The van der Waals surface area contributed by atoms with E-state index in [1.54, 1.807) is 7.11 Å². The van der Waals surface area contributed by atoms with E-state index in [1.807, 2.05) is 4.57 Å². The van der Waals surface area contributed by atoms with Gasteiger partial charge in [-0.2, -0.15) is 4.98 Å². The fourth-order valence-electron chi connectivity index (χ4n) is 1.77. The summed E-state index contributed by atoms with van der Waals surface area (Å²) in [5.74, 6) is 1.65. The molecule has 18 heavy (non-hydrogen) atoms. The SMILES string of the molecule is COc1ncnc2c1[nH]c(=S)n2CC(C)C(C)C. The Morgan fingerprint density at radius 2 is 2.11 bits per heavy atom. The zero-order valence-corrected chi connectivity index (χ0v) is 11.9. The van der Waals surface area contributed by atoms with Crippen LogP contribution in [0.25, 0.3) is 11.2 Å². The number of ether oxygens (including phenoxy) is 1. The quantitative estimate of drug-likeness (QED) is 0.865. The van der Waals surface area contributed by atoms with Gasteiger partial charge in [0.25, 0.3) is 0 Å². The van der Waals surface area contributed by atoms with Gasteiger partial charge in [0.2, 0.25) is 5.88 Å². The molecule has 2 aromatic rings. The van der Waals surface area contributed by atoms with Crippen molar-refractivity contribution in [3.8, 4) is 5.88 Å². The zero-order chi connectivity index (χ0) is 13.3. The minimum atomic E-state index is 0.525. The van der Waals surface area contributed by atoms with E-state index in [0.29, 0.717) is 22.5 Å². The first-order valence-corrected chi connectivity index (χ1v) is 6.43. The predicted octanol–water partition coefficient (Wildman–Crippen LogP) is 2.79. The van der Waals surface area contributed by atoms with Crippen LogP contribution in [0.15, 0.2) is 6.33 Å². The number of hydrogen-bond acceptors (Lipinski definition) is 4. The van der Waals surface area contributed by atoms with E-state index < -0.39 is 0 Å². The Balaban J connectivity index is 2.51. The molecular weight excluding hydrogens is 248 g/mol. The summed E-state index contributed by atoms with van der Waals surface area (Å²) >= 11 is 5.35. The van der Waals surface area contributed by atoms with E-state index in [4.69, 9.17) is 17.0 Å². The number of imidazole rings is 1. The van der Waals surface area contributed by atoms with Gasteiger partial charge in [-0.3, -0.25) is 0 Å². The lowest BCUT2D eigenvalue weighted by Gasteiger charge is -2.16. The van der Waals surface area contributed by atoms with E-state index in [0.717, 1.165) is 17.7 Å². The first-order chi connectivity index (χ1) is 8.54. The lowest BCUT2D eigenvalue weighted by atomic mass is 9.98. The van der Waals surface area contributed by atoms with Crippen LogP contribution in [0.4, 0.5) is 0 Å². The Bertz CT molecular complexity index is 602. The smallest absolute Gasteiger partial charge is 0.242 e. The van der Waals surface area contributed by atoms with Crippen LogP contribution in [0.3, 0.4) is 0 Å². The largest absolute Gasteiger partial charge is 0.479 e. The molecule has 1 unspecified atom stereocenters. The Kier molecular flexibility index (Phi) is 3.65. The van der Waals surface area contributed by atoms with E-state index in [9.17, 15) is 0 Å². The number of rotatable bonds is 4. The Hall–Kier alpha value is -1.43. The standard InChI is InChI=1S/C12H18N4OS/c1-7(2)8(3)5-16-10-9(15-12(16)18)11(17-4)14-6-13-10/h6-8H,5H2,1-4H3,(H,15,18). The molecule has 0 aliphatic carbocycles. The van der Waals surface area contributed by atoms with Crippen molar-refractivity contribution >= 4 is 23.4 Å². The highest BCUT2D eigenvalue weighted by atomic mass is 32.1. The number of nitrogens with zero attached hydrogens (tertiary/aromatic N) is 3. The van der Waals surface area contributed by atoms with Crippen molar-refractivity contribution < 1.29 is 4.74 Å². The molecule has 0 aliphatic rings. The summed E-state index contributed by atoms with van der Waals surface area (Å²) < 4.78 is 7.88. The third-order valence-electron chi connectivity index (χ3n) is 3.33. The third kappa shape index (κ3) is 2.25. The molecule has 2 aromatic heterocycles. The van der Waals surface area contributed by atoms with Crippen LogP contribution in [0, 0.1) is 16.6 Å². The molecule has 0 radical (unpaired) electrons. The van der Waals surface area contributed by atoms with E-state index in [2.05, 4.69) is 35.7 Å². The molecular formula is C12H18N4OS. The summed E-state index contributed by atoms with van der Waals surface area (Å²) in [6.45, 7) is 7.47. The molecule has 0 spiro atoms. The van der Waals surface area contributed by atoms with Crippen LogP contribution in [-0.2, 0) is 6.54 Å². The Morgan fingerprint density at radius 1 is 1.39 bits per heavy atom. The molecule has 5 nitrogen and oxygen atoms in total. The van der Waals surface area contributed by atoms with Crippen molar-refractivity contribution in [2.75, 3.05) is 7.11 Å². The van der Waals surface area contributed by atoms with E-state index >= 15 is 0 Å². The van der Waals surface area contributed by atoms with Crippen molar-refractivity contribution in [1.82, 2.24) is 19.5 Å². The summed E-state index contributed by atoms with van der Waals surface area (Å²) in [5.41, 5.74) is 1.57. The fraction of sp³-hybridized carbons (Fsp3) is 0.583. The predicted molar refractivity (Wildman–Crippen MR) is 73.3 cm³/mol. The lowest BCUT2D eigenvalue weighted by molar-refractivity contribution is 0.366. The molecule has 0 aromatic carbocycles. The fourth-order valence-corrected chi connectivity index (χ4v) is 2.03. The maximum Gasteiger partial charge on any atom is 0.242 e. The lowest BCUT2D eigenvalue weighted by Crippen LogP contribution is -2.13. The van der Waals surface area contributed by atoms with Crippen LogP contribution < -0.4 is 4.74 Å². The molecule has 1 atom stereocenters. The second-order valence-corrected chi connectivity index (χ2v) is 5.23. The van der Waals surface area contributed by atoms with Crippen molar-refractivity contribution in [3.63, 3.8) is 0 Å². The van der Waals surface area contributed by atoms with Crippen molar-refractivity contribution in [3.05, 3.63) is 11.1 Å². The molecule has 2 rings (SSSR count). The summed E-state index contributed by atoms with van der Waals surface area (Å²) in [4.78, 5) is 11.5. The number of hydrogen-bond donors (Lipinski definition) is 1. The van der Waals surface area contributed by atoms with Gasteiger partial charge in [-0.15, -0.1) is 0 Å². The van der Waals surface area contributed by atoms with E-state index in [-0.39, 0.29) is 0 Å². The summed E-state index contributed by atoms with van der Waals surface area (Å²) in [6.07, 6.45) is 1.50. The van der Waals surface area contributed by atoms with Gasteiger partial charge >= 0.3 is 0 Å². The van der Waals surface area contributed by atoms with Crippen LogP contribution in [0.5, 0.6) is 5.88 Å². The molecule has 2 heterocycles. The summed E-state index contributed by atoms with van der Waals surface area (Å²) in [7, 11) is 1.59. The van der Waals surface area contributed by atoms with Gasteiger partial charge in [0.15, 0.2) is 10.4 Å². The Labute approximate surface area is 111 Å². The minimum absolute atomic E-state index is 0.525. The van der Waals surface area contributed by atoms with Crippen LogP contribution in [0.1, 0.15) is 20.8 Å². The van der Waals surface area contributed by atoms with Crippen molar-refractivity contribution in [2.24, 2.45) is 11.8 Å². The molecule has 0 saturated heterocycles. The first kappa shape index (κ1) is 13.0. The molecule has 1 N–H and O–H groups in total. The van der Waals surface area contributed by atoms with E-state index in [1.165, 1.54) is 6.33 Å². The highest BCUT2D eigenvalue weighted by Crippen LogP contribution is 2.22. The maximum atomic E-state index is 5.35. The summed E-state index contributed by atoms with van der Waals surface area (Å²) in [6, 6.07) is 0. The molecule has 98 valence electrons. The van der Waals surface area contributed by atoms with Gasteiger partial charge in [-0.25, -0.2) is 4.98 Å². The third-order valence-corrected chi connectivity index (χ3v) is 3.65. The molecule has 0 amide bonds. The first-order valence-electron chi connectivity index (χ1n) is 6.02. The average Bonchev–Trinajstić information content (AvgIpc) is 2.65. The molecule has 6 heteroatoms. The highest BCUT2D eigenvalue weighted by molar-refractivity contribution is 7.71. The zero-order valence-electron chi connectivity index (χ0n) is 11.1. The van der Waals surface area contributed by atoms with Crippen LogP contribution in [-0.4, -0.2) is 26.6 Å². The van der Waals surface area contributed by atoms with Crippen LogP contribution >= 0.6 is 12.2 Å². The molecule has 0 bridgehead atoms. The van der Waals surface area contributed by atoms with Gasteiger partial charge in [0.1, 0.15) is 11.8 Å². The highest BCUT2D eigenvalue weighted by Gasteiger charge is 2.15. The second-order valence-electron chi connectivity index (χ2n) is 4.84. The topological polar surface area (TPSA) is 55.7 Å². The minimum Gasteiger partial charge on any atom is -0.479 e. The number of aromatic nitrogens is 4. The van der Waals surface area contributed by atoms with Gasteiger partial charge in [-0.1, -0.05) is 20.8 Å². The number of methoxy groups -OCH3 is 1. The van der Waals surface area contributed by atoms with Gasteiger partial charge < -0.3 is 14.3 Å². The van der Waals surface area contributed by atoms with Gasteiger partial charge in [0.05, 0.1) is 7.11 Å². The maximum absolute atomic E-state index is 5.35. The second kappa shape index (κ2) is 5.06.